The van der Waals surface area contributed by atoms with Crippen LogP contribution in [-0.2, 0) is 12.8 Å². The van der Waals surface area contributed by atoms with Crippen LogP contribution in [0.25, 0.3) is 0 Å². The van der Waals surface area contributed by atoms with Crippen LogP contribution < -0.4 is 15.8 Å². The minimum atomic E-state index is 0.238. The molecule has 3 N–H and O–H groups in total. The Labute approximate surface area is 143 Å². The number of anilines is 1. The van der Waals surface area contributed by atoms with Gasteiger partial charge in [-0.3, -0.25) is 4.99 Å². The van der Waals surface area contributed by atoms with E-state index in [0.29, 0.717) is 12.5 Å². The lowest BCUT2D eigenvalue weighted by molar-refractivity contribution is 0.407. The number of para-hydroxylation sites is 1. The van der Waals surface area contributed by atoms with Gasteiger partial charge in [0.05, 0.1) is 7.11 Å². The fourth-order valence-corrected chi connectivity index (χ4v) is 3.24. The number of hydrogen-bond acceptors (Lipinski definition) is 2. The molecule has 4 heteroatoms. The van der Waals surface area contributed by atoms with Crippen molar-refractivity contribution in [2.45, 2.75) is 32.1 Å². The van der Waals surface area contributed by atoms with Gasteiger partial charge in [0.1, 0.15) is 5.75 Å². The van der Waals surface area contributed by atoms with Crippen LogP contribution in [0.5, 0.6) is 5.75 Å². The van der Waals surface area contributed by atoms with Crippen LogP contribution in [0, 0.1) is 0 Å². The highest BCUT2D eigenvalue weighted by Crippen LogP contribution is 2.27. The lowest BCUT2D eigenvalue weighted by Crippen LogP contribution is -2.23. The van der Waals surface area contributed by atoms with Gasteiger partial charge in [0.25, 0.3) is 0 Å². The fraction of sp³-hybridized carbons (Fsp3) is 0.350. The maximum absolute atomic E-state index is 6.06. The molecule has 0 saturated carbocycles. The van der Waals surface area contributed by atoms with Crippen molar-refractivity contribution in [2.75, 3.05) is 19.0 Å². The Kier molecular flexibility index (Phi) is 5.04. The zero-order valence-corrected chi connectivity index (χ0v) is 14.4. The summed E-state index contributed by atoms with van der Waals surface area (Å²) >= 11 is 0. The molecule has 126 valence electrons. The van der Waals surface area contributed by atoms with Crippen LogP contribution in [0.3, 0.4) is 0 Å². The van der Waals surface area contributed by atoms with E-state index in [-0.39, 0.29) is 5.92 Å². The Bertz CT molecular complexity index is 739. The molecule has 1 unspecified atom stereocenters. The third kappa shape index (κ3) is 3.70. The van der Waals surface area contributed by atoms with Crippen LogP contribution >= 0.6 is 0 Å². The largest absolute Gasteiger partial charge is 0.496 e. The van der Waals surface area contributed by atoms with E-state index < -0.39 is 0 Å². The molecule has 24 heavy (non-hydrogen) atoms. The average Bonchev–Trinajstić information content (AvgIpc) is 3.07. The van der Waals surface area contributed by atoms with Gasteiger partial charge in [-0.25, -0.2) is 0 Å². The predicted octanol–water partition coefficient (Wildman–Crippen LogP) is 3.71. The maximum atomic E-state index is 6.06. The van der Waals surface area contributed by atoms with E-state index >= 15 is 0 Å². The molecule has 0 heterocycles. The highest BCUT2D eigenvalue weighted by atomic mass is 16.5. The lowest BCUT2D eigenvalue weighted by Gasteiger charge is -2.14. The molecule has 0 spiro atoms. The van der Waals surface area contributed by atoms with Crippen molar-refractivity contribution in [1.29, 1.82) is 0 Å². The molecule has 4 nitrogen and oxygen atoms in total. The Hall–Kier alpha value is -2.49. The number of rotatable bonds is 5. The zero-order valence-electron chi connectivity index (χ0n) is 14.4. The molecular formula is C20H25N3O. The lowest BCUT2D eigenvalue weighted by atomic mass is 10.0. The van der Waals surface area contributed by atoms with Gasteiger partial charge in [0.2, 0.25) is 0 Å². The van der Waals surface area contributed by atoms with Crippen molar-refractivity contribution in [1.82, 2.24) is 0 Å². The summed E-state index contributed by atoms with van der Waals surface area (Å²) in [6.45, 7) is 2.74. The van der Waals surface area contributed by atoms with E-state index in [4.69, 9.17) is 10.5 Å². The first-order valence-corrected chi connectivity index (χ1v) is 8.49. The highest BCUT2D eigenvalue weighted by molar-refractivity contribution is 5.92. The van der Waals surface area contributed by atoms with Crippen LogP contribution in [-0.4, -0.2) is 19.6 Å². The van der Waals surface area contributed by atoms with Gasteiger partial charge >= 0.3 is 0 Å². The monoisotopic (exact) mass is 323 g/mol. The molecule has 0 amide bonds. The molecule has 0 saturated heterocycles. The zero-order chi connectivity index (χ0) is 16.9. The second kappa shape index (κ2) is 7.39. The minimum Gasteiger partial charge on any atom is -0.496 e. The third-order valence-corrected chi connectivity index (χ3v) is 4.58. The highest BCUT2D eigenvalue weighted by Gasteiger charge is 2.12. The molecule has 1 atom stereocenters. The third-order valence-electron chi connectivity index (χ3n) is 4.58. The molecule has 3 rings (SSSR count). The first kappa shape index (κ1) is 16.4. The normalized spacial score (nSPS) is 15.0. The number of aryl methyl sites for hydroxylation is 2. The number of hydrogen-bond donors (Lipinski definition) is 2. The first-order valence-electron chi connectivity index (χ1n) is 8.49. The number of nitrogens with one attached hydrogen (secondary N) is 1. The molecule has 0 radical (unpaired) electrons. The number of nitrogens with two attached hydrogens (primary N) is 1. The number of aliphatic imine (C=N–C) groups is 1. The fourth-order valence-electron chi connectivity index (χ4n) is 3.24. The number of ether oxygens (including phenoxy) is 1. The minimum absolute atomic E-state index is 0.238. The molecule has 0 aromatic heterocycles. The summed E-state index contributed by atoms with van der Waals surface area (Å²) in [5.41, 5.74) is 11.1. The van der Waals surface area contributed by atoms with Crippen LogP contribution in [0.1, 0.15) is 36.0 Å². The molecule has 0 bridgehead atoms. The summed E-state index contributed by atoms with van der Waals surface area (Å²) in [6.07, 6.45) is 3.60. The Balaban J connectivity index is 1.63. The molecule has 2 aromatic carbocycles. The number of guanidine groups is 1. The molecule has 2 aromatic rings. The molecule has 1 aliphatic carbocycles. The number of methoxy groups -OCH3 is 1. The molecule has 0 aliphatic heterocycles. The Morgan fingerprint density at radius 2 is 2.00 bits per heavy atom. The SMILES string of the molecule is COc1ccccc1C(C)CN=C(N)Nc1ccc2c(c1)CCC2. The van der Waals surface area contributed by atoms with Gasteiger partial charge in [-0.05, 0) is 54.2 Å². The summed E-state index contributed by atoms with van der Waals surface area (Å²) in [6, 6.07) is 14.5. The van der Waals surface area contributed by atoms with Crippen LogP contribution in [0.4, 0.5) is 5.69 Å². The Morgan fingerprint density at radius 3 is 2.83 bits per heavy atom. The predicted molar refractivity (Wildman–Crippen MR) is 100.0 cm³/mol. The van der Waals surface area contributed by atoms with Crippen molar-refractivity contribution in [2.24, 2.45) is 10.7 Å². The average molecular weight is 323 g/mol. The number of nitrogens with zero attached hydrogens (tertiary/aromatic N) is 1. The van der Waals surface area contributed by atoms with E-state index in [9.17, 15) is 0 Å². The standard InChI is InChI=1S/C20H25N3O/c1-14(18-8-3-4-9-19(18)24-2)13-22-20(21)23-17-11-10-15-6-5-7-16(15)12-17/h3-4,8-12,14H,5-7,13H2,1-2H3,(H3,21,22,23). The van der Waals surface area contributed by atoms with Gasteiger partial charge in [-0.15, -0.1) is 0 Å². The summed E-state index contributed by atoms with van der Waals surface area (Å²) in [5, 5.41) is 3.20. The van der Waals surface area contributed by atoms with Gasteiger partial charge < -0.3 is 15.8 Å². The van der Waals surface area contributed by atoms with E-state index in [1.54, 1.807) is 7.11 Å². The van der Waals surface area contributed by atoms with Crippen LogP contribution in [0.15, 0.2) is 47.5 Å². The van der Waals surface area contributed by atoms with Crippen molar-refractivity contribution < 1.29 is 4.74 Å². The van der Waals surface area contributed by atoms with E-state index in [1.807, 2.05) is 18.2 Å². The van der Waals surface area contributed by atoms with E-state index in [1.165, 1.54) is 24.0 Å². The van der Waals surface area contributed by atoms with E-state index in [2.05, 4.69) is 41.5 Å². The number of benzene rings is 2. The van der Waals surface area contributed by atoms with Gasteiger partial charge in [0.15, 0.2) is 5.96 Å². The second-order valence-corrected chi connectivity index (χ2v) is 6.33. The van der Waals surface area contributed by atoms with Gasteiger partial charge in [0, 0.05) is 18.2 Å². The van der Waals surface area contributed by atoms with Gasteiger partial charge in [-0.2, -0.15) is 0 Å². The van der Waals surface area contributed by atoms with Crippen molar-refractivity contribution >= 4 is 11.6 Å². The van der Waals surface area contributed by atoms with Crippen LogP contribution in [0.2, 0.25) is 0 Å². The summed E-state index contributed by atoms with van der Waals surface area (Å²) in [4.78, 5) is 4.49. The molecule has 0 fully saturated rings. The summed E-state index contributed by atoms with van der Waals surface area (Å²) in [5.74, 6) is 1.58. The summed E-state index contributed by atoms with van der Waals surface area (Å²) < 4.78 is 5.42. The second-order valence-electron chi connectivity index (χ2n) is 6.33. The topological polar surface area (TPSA) is 59.6 Å². The Morgan fingerprint density at radius 1 is 1.21 bits per heavy atom. The van der Waals surface area contributed by atoms with Crippen molar-refractivity contribution in [3.05, 3.63) is 59.2 Å². The molecular weight excluding hydrogens is 298 g/mol. The smallest absolute Gasteiger partial charge is 0.193 e. The quantitative estimate of drug-likeness (QED) is 0.651. The first-order chi connectivity index (χ1) is 11.7. The maximum Gasteiger partial charge on any atom is 0.193 e. The number of fused-ring (bicyclic) bond motifs is 1. The summed E-state index contributed by atoms with van der Waals surface area (Å²) in [7, 11) is 1.69. The van der Waals surface area contributed by atoms with Crippen molar-refractivity contribution in [3.8, 4) is 5.75 Å². The van der Waals surface area contributed by atoms with Gasteiger partial charge in [-0.1, -0.05) is 31.2 Å². The molecule has 1 aliphatic rings. The van der Waals surface area contributed by atoms with Crippen molar-refractivity contribution in [3.63, 3.8) is 0 Å². The van der Waals surface area contributed by atoms with E-state index in [0.717, 1.165) is 23.4 Å².